The van der Waals surface area contributed by atoms with Crippen LogP contribution in [-0.4, -0.2) is 10.9 Å². The Labute approximate surface area is 153 Å². The van der Waals surface area contributed by atoms with Crippen LogP contribution in [0.4, 0.5) is 20.2 Å². The molecule has 1 amide bonds. The fourth-order valence-corrected chi connectivity index (χ4v) is 2.49. The topological polar surface area (TPSA) is 54.0 Å². The third-order valence-electron chi connectivity index (χ3n) is 3.60. The predicted octanol–water partition coefficient (Wildman–Crippen LogP) is 4.69. The molecule has 0 aliphatic rings. The van der Waals surface area contributed by atoms with Crippen molar-refractivity contribution in [3.8, 4) is 0 Å². The van der Waals surface area contributed by atoms with Crippen molar-refractivity contribution < 1.29 is 13.6 Å². The standard InChI is InChI=1S/C19H14ClF2N3O/c20-15-4-2-1-3-12(15)11-24-19(26)18-10-14(7-8-23-18)25-17-6-5-13(21)9-16(17)22/h1-10H,11H2,(H,23,25)(H,24,26). The summed E-state index contributed by atoms with van der Waals surface area (Å²) < 4.78 is 26.7. The smallest absolute Gasteiger partial charge is 0.270 e. The molecule has 0 unspecified atom stereocenters. The second kappa shape index (κ2) is 7.93. The molecule has 2 N–H and O–H groups in total. The molecule has 1 heterocycles. The van der Waals surface area contributed by atoms with Gasteiger partial charge in [-0.2, -0.15) is 0 Å². The summed E-state index contributed by atoms with van der Waals surface area (Å²) in [5.74, 6) is -1.79. The van der Waals surface area contributed by atoms with Crippen molar-refractivity contribution in [2.45, 2.75) is 6.54 Å². The predicted molar refractivity (Wildman–Crippen MR) is 96.5 cm³/mol. The Morgan fingerprint density at radius 2 is 1.88 bits per heavy atom. The number of hydrogen-bond acceptors (Lipinski definition) is 3. The lowest BCUT2D eigenvalue weighted by molar-refractivity contribution is 0.0946. The number of nitrogens with one attached hydrogen (secondary N) is 2. The third-order valence-corrected chi connectivity index (χ3v) is 3.97. The number of rotatable bonds is 5. The summed E-state index contributed by atoms with van der Waals surface area (Å²) in [7, 11) is 0. The van der Waals surface area contributed by atoms with Crippen LogP contribution < -0.4 is 10.6 Å². The SMILES string of the molecule is O=C(NCc1ccccc1Cl)c1cc(Nc2ccc(F)cc2F)ccn1. The van der Waals surface area contributed by atoms with Gasteiger partial charge in [-0.25, -0.2) is 8.78 Å². The Balaban J connectivity index is 1.70. The van der Waals surface area contributed by atoms with Crippen molar-refractivity contribution in [3.05, 3.63) is 88.7 Å². The lowest BCUT2D eigenvalue weighted by Gasteiger charge is -2.10. The molecule has 0 saturated heterocycles. The van der Waals surface area contributed by atoms with Crippen LogP contribution in [-0.2, 0) is 6.54 Å². The Hall–Kier alpha value is -2.99. The molecule has 0 aliphatic carbocycles. The number of anilines is 2. The molecule has 0 bridgehead atoms. The molecular formula is C19H14ClF2N3O. The minimum absolute atomic E-state index is 0.0972. The van der Waals surface area contributed by atoms with E-state index >= 15 is 0 Å². The fraction of sp³-hybridized carbons (Fsp3) is 0.0526. The van der Waals surface area contributed by atoms with Crippen molar-refractivity contribution in [3.63, 3.8) is 0 Å². The molecule has 1 aromatic heterocycles. The Morgan fingerprint density at radius 1 is 1.08 bits per heavy atom. The van der Waals surface area contributed by atoms with E-state index in [1.165, 1.54) is 18.3 Å². The van der Waals surface area contributed by atoms with Crippen LogP contribution in [0.1, 0.15) is 16.1 Å². The molecule has 4 nitrogen and oxygen atoms in total. The van der Waals surface area contributed by atoms with Gasteiger partial charge in [0.05, 0.1) is 5.69 Å². The number of hydrogen-bond donors (Lipinski definition) is 2. The first-order valence-electron chi connectivity index (χ1n) is 7.72. The van der Waals surface area contributed by atoms with Gasteiger partial charge in [-0.05, 0) is 35.9 Å². The van der Waals surface area contributed by atoms with Crippen molar-refractivity contribution >= 4 is 28.9 Å². The molecule has 3 aromatic rings. The molecular weight excluding hydrogens is 360 g/mol. The molecule has 132 valence electrons. The average Bonchev–Trinajstić information content (AvgIpc) is 2.63. The Kier molecular flexibility index (Phi) is 5.43. The highest BCUT2D eigenvalue weighted by molar-refractivity contribution is 6.31. The molecule has 0 saturated carbocycles. The number of aromatic nitrogens is 1. The van der Waals surface area contributed by atoms with E-state index in [1.54, 1.807) is 18.2 Å². The van der Waals surface area contributed by atoms with Gasteiger partial charge in [0.25, 0.3) is 5.91 Å². The molecule has 3 rings (SSSR count). The van der Waals surface area contributed by atoms with E-state index in [9.17, 15) is 13.6 Å². The van der Waals surface area contributed by atoms with E-state index in [-0.39, 0.29) is 17.9 Å². The number of amides is 1. The molecule has 26 heavy (non-hydrogen) atoms. The van der Waals surface area contributed by atoms with Crippen molar-refractivity contribution in [1.29, 1.82) is 0 Å². The highest BCUT2D eigenvalue weighted by Crippen LogP contribution is 2.21. The van der Waals surface area contributed by atoms with Gasteiger partial charge < -0.3 is 10.6 Å². The molecule has 0 fully saturated rings. The second-order valence-corrected chi connectivity index (χ2v) is 5.86. The number of halogens is 3. The number of carbonyl (C=O) groups excluding carboxylic acids is 1. The van der Waals surface area contributed by atoms with Crippen LogP contribution in [0.5, 0.6) is 0 Å². The van der Waals surface area contributed by atoms with E-state index in [2.05, 4.69) is 15.6 Å². The first-order valence-corrected chi connectivity index (χ1v) is 8.10. The quantitative estimate of drug-likeness (QED) is 0.682. The lowest BCUT2D eigenvalue weighted by Crippen LogP contribution is -2.24. The summed E-state index contributed by atoms with van der Waals surface area (Å²) in [5.41, 5.74) is 1.49. The van der Waals surface area contributed by atoms with Gasteiger partial charge in [0.1, 0.15) is 17.3 Å². The Morgan fingerprint density at radius 3 is 2.65 bits per heavy atom. The van der Waals surface area contributed by atoms with Crippen LogP contribution in [0.15, 0.2) is 60.8 Å². The van der Waals surface area contributed by atoms with Crippen LogP contribution >= 0.6 is 11.6 Å². The van der Waals surface area contributed by atoms with Gasteiger partial charge in [0.15, 0.2) is 0 Å². The van der Waals surface area contributed by atoms with E-state index < -0.39 is 17.5 Å². The van der Waals surface area contributed by atoms with Gasteiger partial charge in [-0.1, -0.05) is 29.8 Å². The van der Waals surface area contributed by atoms with Crippen LogP contribution in [0.2, 0.25) is 5.02 Å². The summed E-state index contributed by atoms with van der Waals surface area (Å²) in [5, 5.41) is 6.08. The first kappa shape index (κ1) is 17.8. The maximum Gasteiger partial charge on any atom is 0.270 e. The highest BCUT2D eigenvalue weighted by Gasteiger charge is 2.10. The first-order chi connectivity index (χ1) is 12.5. The summed E-state index contributed by atoms with van der Waals surface area (Å²) in [6, 6.07) is 13.4. The zero-order chi connectivity index (χ0) is 18.5. The summed E-state index contributed by atoms with van der Waals surface area (Å²) in [4.78, 5) is 16.3. The molecule has 7 heteroatoms. The van der Waals surface area contributed by atoms with Crippen LogP contribution in [0.3, 0.4) is 0 Å². The number of benzene rings is 2. The fourth-order valence-electron chi connectivity index (χ4n) is 2.29. The van der Waals surface area contributed by atoms with Crippen LogP contribution in [0, 0.1) is 11.6 Å². The van der Waals surface area contributed by atoms with E-state index in [4.69, 9.17) is 11.6 Å². The monoisotopic (exact) mass is 373 g/mol. The van der Waals surface area contributed by atoms with Gasteiger partial charge in [-0.15, -0.1) is 0 Å². The molecule has 0 radical (unpaired) electrons. The number of pyridine rings is 1. The normalized spacial score (nSPS) is 10.4. The van der Waals surface area contributed by atoms with Crippen LogP contribution in [0.25, 0.3) is 0 Å². The van der Waals surface area contributed by atoms with E-state index in [0.717, 1.165) is 17.7 Å². The minimum Gasteiger partial charge on any atom is -0.353 e. The van der Waals surface area contributed by atoms with Gasteiger partial charge in [-0.3, -0.25) is 9.78 Å². The largest absolute Gasteiger partial charge is 0.353 e. The van der Waals surface area contributed by atoms with E-state index in [0.29, 0.717) is 10.7 Å². The van der Waals surface area contributed by atoms with Gasteiger partial charge in [0.2, 0.25) is 0 Å². The molecule has 0 aliphatic heterocycles. The zero-order valence-electron chi connectivity index (χ0n) is 13.5. The summed E-state index contributed by atoms with van der Waals surface area (Å²) in [6.45, 7) is 0.254. The minimum atomic E-state index is -0.730. The van der Waals surface area contributed by atoms with E-state index in [1.807, 2.05) is 12.1 Å². The maximum absolute atomic E-state index is 13.7. The summed E-state index contributed by atoms with van der Waals surface area (Å²) in [6.07, 6.45) is 1.42. The highest BCUT2D eigenvalue weighted by atomic mass is 35.5. The third kappa shape index (κ3) is 4.34. The molecule has 2 aromatic carbocycles. The Bertz CT molecular complexity index is 950. The zero-order valence-corrected chi connectivity index (χ0v) is 14.2. The second-order valence-electron chi connectivity index (χ2n) is 5.45. The molecule has 0 spiro atoms. The summed E-state index contributed by atoms with van der Waals surface area (Å²) >= 11 is 6.06. The van der Waals surface area contributed by atoms with Gasteiger partial charge >= 0.3 is 0 Å². The van der Waals surface area contributed by atoms with Crippen molar-refractivity contribution in [2.24, 2.45) is 0 Å². The number of carbonyl (C=O) groups is 1. The van der Waals surface area contributed by atoms with Crippen molar-refractivity contribution in [1.82, 2.24) is 10.3 Å². The van der Waals surface area contributed by atoms with Crippen molar-refractivity contribution in [2.75, 3.05) is 5.32 Å². The molecule has 0 atom stereocenters. The average molecular weight is 374 g/mol. The van der Waals surface area contributed by atoms with Gasteiger partial charge in [0, 0.05) is 29.5 Å². The lowest BCUT2D eigenvalue weighted by atomic mass is 10.2. The number of nitrogens with zero attached hydrogens (tertiary/aromatic N) is 1. The maximum atomic E-state index is 13.7.